The van der Waals surface area contributed by atoms with E-state index in [1.165, 1.54) is 77.0 Å². The van der Waals surface area contributed by atoms with Crippen LogP contribution in [0.3, 0.4) is 0 Å². The van der Waals surface area contributed by atoms with Crippen LogP contribution in [0.5, 0.6) is 0 Å². The van der Waals surface area contributed by atoms with Gasteiger partial charge in [0.25, 0.3) is 0 Å². The second kappa shape index (κ2) is 12.5. The topological polar surface area (TPSA) is 0 Å². The van der Waals surface area contributed by atoms with Gasteiger partial charge in [-0.3, -0.25) is 0 Å². The van der Waals surface area contributed by atoms with Gasteiger partial charge in [0.2, 0.25) is 0 Å². The van der Waals surface area contributed by atoms with Gasteiger partial charge in [-0.1, -0.05) is 117 Å². The van der Waals surface area contributed by atoms with Crippen LogP contribution in [0.1, 0.15) is 141 Å². The first-order valence-corrected chi connectivity index (χ1v) is 20.5. The second-order valence-electron chi connectivity index (χ2n) is 14.6. The second-order valence-corrected chi connectivity index (χ2v) is 19.9. The average molecular weight is 551 g/mol. The number of benzene rings is 1. The molecule has 4 atom stereocenters. The van der Waals surface area contributed by atoms with Gasteiger partial charge in [-0.05, 0) is 121 Å². The lowest BCUT2D eigenvalue weighted by molar-refractivity contribution is 0.275. The summed E-state index contributed by atoms with van der Waals surface area (Å²) >= 11 is 0. The smallest absolute Gasteiger partial charge is 0.0132 e. The number of hydrogen-bond donors (Lipinski definition) is 0. The van der Waals surface area contributed by atoms with Gasteiger partial charge in [-0.2, -0.15) is 0 Å². The highest BCUT2D eigenvalue weighted by molar-refractivity contribution is 7.74. The van der Waals surface area contributed by atoms with E-state index in [-0.39, 0.29) is 15.8 Å². The Kier molecular flexibility index (Phi) is 8.88. The molecular formula is C36H56P2. The van der Waals surface area contributed by atoms with Crippen LogP contribution < -0.4 is 10.6 Å². The van der Waals surface area contributed by atoms with E-state index < -0.39 is 0 Å². The molecule has 0 radical (unpaired) electrons. The SMILES string of the molecule is c1ccc(P2[C@H](C3CCCCC3)C[C@H]2C2CCCCC2)c(P2[C@H](C3CCCCC3)C[C@H]2C2CCCCC2)c1. The third kappa shape index (κ3) is 5.35. The molecule has 4 aliphatic carbocycles. The molecule has 0 nitrogen and oxygen atoms in total. The summed E-state index contributed by atoms with van der Waals surface area (Å²) < 4.78 is 0. The molecule has 0 bridgehead atoms. The highest BCUT2D eigenvalue weighted by Crippen LogP contribution is 2.70. The Labute approximate surface area is 237 Å². The van der Waals surface area contributed by atoms with Crippen molar-refractivity contribution in [3.8, 4) is 0 Å². The van der Waals surface area contributed by atoms with Crippen LogP contribution in [0, 0.1) is 23.7 Å². The van der Waals surface area contributed by atoms with Gasteiger partial charge in [0.15, 0.2) is 0 Å². The normalized spacial score (nSPS) is 35.6. The Hall–Kier alpha value is 0.0800. The maximum Gasteiger partial charge on any atom is -0.0132 e. The first kappa shape index (κ1) is 26.9. The van der Waals surface area contributed by atoms with Crippen LogP contribution >= 0.6 is 15.8 Å². The van der Waals surface area contributed by atoms with E-state index >= 15 is 0 Å². The molecule has 2 aliphatic heterocycles. The standard InChI is InChI=1S/C36H56P2/c1-5-15-27(16-6-1)33-25-34(28-17-7-2-8-18-28)37(33)31-23-13-14-24-32(31)38-35(29-19-9-3-10-20-29)26-36(38)30-21-11-4-12-22-30/h13-14,23-24,27-30,33-36H,1-12,15-22,25-26H2/t33-,34-,35-,36-/m0/s1. The number of hydrogen-bond acceptors (Lipinski definition) is 0. The van der Waals surface area contributed by atoms with E-state index in [0.717, 1.165) is 46.3 Å². The van der Waals surface area contributed by atoms with Gasteiger partial charge in [0.1, 0.15) is 0 Å². The monoisotopic (exact) mass is 550 g/mol. The fourth-order valence-corrected chi connectivity index (χ4v) is 18.9. The lowest BCUT2D eigenvalue weighted by atomic mass is 9.80. The van der Waals surface area contributed by atoms with E-state index in [4.69, 9.17) is 0 Å². The molecule has 210 valence electrons. The molecule has 1 aromatic carbocycles. The summed E-state index contributed by atoms with van der Waals surface area (Å²) in [6, 6.07) is 10.4. The Morgan fingerprint density at radius 2 is 0.632 bits per heavy atom. The fraction of sp³-hybridized carbons (Fsp3) is 0.833. The van der Waals surface area contributed by atoms with Crippen molar-refractivity contribution in [1.82, 2.24) is 0 Å². The molecule has 6 aliphatic rings. The maximum absolute atomic E-state index is 2.74. The molecule has 0 amide bonds. The van der Waals surface area contributed by atoms with Crippen molar-refractivity contribution in [3.05, 3.63) is 24.3 Å². The first-order valence-electron chi connectivity index (χ1n) is 17.5. The molecular weight excluding hydrogens is 494 g/mol. The minimum Gasteiger partial charge on any atom is -0.0677 e. The van der Waals surface area contributed by atoms with Crippen LogP contribution in [0.2, 0.25) is 0 Å². The Morgan fingerprint density at radius 1 is 0.368 bits per heavy atom. The summed E-state index contributed by atoms with van der Waals surface area (Å²) in [5.74, 6) is 4.28. The van der Waals surface area contributed by atoms with Crippen LogP contribution in [0.4, 0.5) is 0 Å². The van der Waals surface area contributed by atoms with Gasteiger partial charge in [-0.25, -0.2) is 0 Å². The van der Waals surface area contributed by atoms with Gasteiger partial charge in [0, 0.05) is 0 Å². The fourth-order valence-electron chi connectivity index (χ4n) is 10.5. The van der Waals surface area contributed by atoms with Crippen molar-refractivity contribution in [2.75, 3.05) is 0 Å². The zero-order valence-corrected chi connectivity index (χ0v) is 26.2. The summed E-state index contributed by atoms with van der Waals surface area (Å²) in [7, 11) is 0.105. The quantitative estimate of drug-likeness (QED) is 0.309. The van der Waals surface area contributed by atoms with Gasteiger partial charge >= 0.3 is 0 Å². The molecule has 0 N–H and O–H groups in total. The van der Waals surface area contributed by atoms with Crippen molar-refractivity contribution >= 4 is 26.5 Å². The van der Waals surface area contributed by atoms with Gasteiger partial charge in [0.05, 0.1) is 0 Å². The molecule has 7 rings (SSSR count). The van der Waals surface area contributed by atoms with Crippen LogP contribution in [0.25, 0.3) is 0 Å². The predicted molar refractivity (Wildman–Crippen MR) is 170 cm³/mol. The third-order valence-electron chi connectivity index (χ3n) is 12.6. The van der Waals surface area contributed by atoms with Crippen molar-refractivity contribution in [3.63, 3.8) is 0 Å². The summed E-state index contributed by atoms with van der Waals surface area (Å²) in [6.07, 6.45) is 34.0. The van der Waals surface area contributed by atoms with Gasteiger partial charge in [-0.15, -0.1) is 0 Å². The van der Waals surface area contributed by atoms with Crippen molar-refractivity contribution in [2.24, 2.45) is 23.7 Å². The Bertz CT molecular complexity index is 765. The lowest BCUT2D eigenvalue weighted by Gasteiger charge is -2.57. The number of rotatable bonds is 6. The largest absolute Gasteiger partial charge is 0.0677 e. The maximum atomic E-state index is 2.74. The molecule has 0 spiro atoms. The van der Waals surface area contributed by atoms with Crippen molar-refractivity contribution in [2.45, 2.75) is 164 Å². The Morgan fingerprint density at radius 3 is 0.895 bits per heavy atom. The zero-order chi connectivity index (χ0) is 25.3. The predicted octanol–water partition coefficient (Wildman–Crippen LogP) is 10.5. The Balaban J connectivity index is 1.22. The van der Waals surface area contributed by atoms with Crippen molar-refractivity contribution in [1.29, 1.82) is 0 Å². The van der Waals surface area contributed by atoms with E-state index in [2.05, 4.69) is 24.3 Å². The summed E-state index contributed by atoms with van der Waals surface area (Å²) in [4.78, 5) is 0. The molecule has 38 heavy (non-hydrogen) atoms. The third-order valence-corrected chi connectivity index (χ3v) is 20.1. The zero-order valence-electron chi connectivity index (χ0n) is 24.4. The average Bonchev–Trinajstić information content (AvgIpc) is 2.95. The summed E-state index contributed by atoms with van der Waals surface area (Å²) in [6.45, 7) is 0. The minimum atomic E-state index is 0.0527. The highest BCUT2D eigenvalue weighted by Gasteiger charge is 2.53. The van der Waals surface area contributed by atoms with Crippen molar-refractivity contribution < 1.29 is 0 Å². The summed E-state index contributed by atoms with van der Waals surface area (Å²) in [5.41, 5.74) is 4.32. The molecule has 2 saturated heterocycles. The van der Waals surface area contributed by atoms with E-state index in [0.29, 0.717) is 0 Å². The van der Waals surface area contributed by atoms with Crippen LogP contribution in [0.15, 0.2) is 24.3 Å². The lowest BCUT2D eigenvalue weighted by Crippen LogP contribution is -2.51. The minimum absolute atomic E-state index is 0.0527. The molecule has 1 aromatic rings. The molecule has 2 heterocycles. The van der Waals surface area contributed by atoms with E-state index in [1.54, 1.807) is 64.2 Å². The van der Waals surface area contributed by atoms with Crippen LogP contribution in [-0.4, -0.2) is 22.6 Å². The van der Waals surface area contributed by atoms with Gasteiger partial charge < -0.3 is 0 Å². The highest BCUT2D eigenvalue weighted by atomic mass is 31.1. The molecule has 6 fully saturated rings. The van der Waals surface area contributed by atoms with E-state index in [9.17, 15) is 0 Å². The van der Waals surface area contributed by atoms with Crippen LogP contribution in [-0.2, 0) is 0 Å². The first-order chi connectivity index (χ1) is 18.9. The molecule has 0 unspecified atom stereocenters. The molecule has 0 aromatic heterocycles. The molecule has 4 saturated carbocycles. The van der Waals surface area contributed by atoms with E-state index in [1.807, 2.05) is 10.6 Å². The molecule has 2 heteroatoms. The summed E-state index contributed by atoms with van der Waals surface area (Å²) in [5, 5.41) is 3.99.